The van der Waals surface area contributed by atoms with Crippen molar-refractivity contribution >= 4 is 29.3 Å². The van der Waals surface area contributed by atoms with Gasteiger partial charge in [-0.2, -0.15) is 0 Å². The van der Waals surface area contributed by atoms with Crippen LogP contribution < -0.4 is 14.0 Å². The van der Waals surface area contributed by atoms with Gasteiger partial charge in [0.2, 0.25) is 6.10 Å². The first kappa shape index (κ1) is 28.7. The fourth-order valence-corrected chi connectivity index (χ4v) is 6.36. The number of ether oxygens (including phenoxy) is 3. The first-order valence-electron chi connectivity index (χ1n) is 13.0. The van der Waals surface area contributed by atoms with Crippen molar-refractivity contribution in [3.05, 3.63) is 83.9 Å². The average Bonchev–Trinajstić information content (AvgIpc) is 3.04. The van der Waals surface area contributed by atoms with E-state index in [1.807, 2.05) is 73.8 Å². The van der Waals surface area contributed by atoms with Crippen LogP contribution >= 0.6 is 11.8 Å². The second-order valence-electron chi connectivity index (χ2n) is 9.93. The Morgan fingerprint density at radius 3 is 2.33 bits per heavy atom. The summed E-state index contributed by atoms with van der Waals surface area (Å²) in [4.78, 5) is 29.8. The Morgan fingerprint density at radius 2 is 1.64 bits per heavy atom. The van der Waals surface area contributed by atoms with Crippen LogP contribution in [0.2, 0.25) is 0 Å². The summed E-state index contributed by atoms with van der Waals surface area (Å²) in [6, 6.07) is 23.6. The van der Waals surface area contributed by atoms with Crippen LogP contribution in [0.4, 0.5) is 5.69 Å². The Labute approximate surface area is 235 Å². The summed E-state index contributed by atoms with van der Waals surface area (Å²) in [5.41, 5.74) is 2.97. The molecule has 0 radical (unpaired) electrons. The molecule has 7 nitrogen and oxygen atoms in total. The molecule has 0 N–H and O–H groups in total. The number of esters is 1. The highest BCUT2D eigenvalue weighted by Crippen LogP contribution is 2.48. The van der Waals surface area contributed by atoms with Crippen LogP contribution in [0.3, 0.4) is 0 Å². The Morgan fingerprint density at radius 1 is 0.949 bits per heavy atom. The molecule has 39 heavy (non-hydrogen) atoms. The summed E-state index contributed by atoms with van der Waals surface area (Å²) >= 11 is 1.56. The lowest BCUT2D eigenvalue weighted by Gasteiger charge is -2.34. The summed E-state index contributed by atoms with van der Waals surface area (Å²) in [7, 11) is 7.30. The van der Waals surface area contributed by atoms with Crippen LogP contribution in [0.25, 0.3) is 0 Å². The van der Waals surface area contributed by atoms with Gasteiger partial charge in [-0.1, -0.05) is 42.5 Å². The van der Waals surface area contributed by atoms with Crippen molar-refractivity contribution < 1.29 is 23.8 Å². The topological polar surface area (TPSA) is 65.1 Å². The molecule has 0 aromatic heterocycles. The van der Waals surface area contributed by atoms with Gasteiger partial charge in [0.1, 0.15) is 18.0 Å². The van der Waals surface area contributed by atoms with Crippen LogP contribution in [0.15, 0.2) is 77.7 Å². The SMILES string of the molecule is COc1ccc([C@H]2Sc3ccccc3[N@@+](C)(CCN(C)CCc3ccccc3OC)C(=O)[C@H]2OC(C)=O)cc1. The Bertz CT molecular complexity index is 1300. The lowest BCUT2D eigenvalue weighted by atomic mass is 10.0. The molecule has 3 aromatic rings. The molecule has 8 heteroatoms. The van der Waals surface area contributed by atoms with E-state index < -0.39 is 17.3 Å². The van der Waals surface area contributed by atoms with Crippen molar-refractivity contribution in [2.45, 2.75) is 29.6 Å². The number of hydrogen-bond donors (Lipinski definition) is 0. The molecule has 0 bridgehead atoms. The predicted molar refractivity (Wildman–Crippen MR) is 155 cm³/mol. The standard InChI is InChI=1S/C31H37N2O5S/c1-22(34)38-29-30(24-14-16-25(36-4)17-15-24)39-28-13-9-7-11-26(28)33(3,31(29)35)21-20-32(2)19-18-23-10-6-8-12-27(23)37-5/h6-17,29-30H,18-21H2,1-5H3/q+1/t29-,30+,33+/m0/s1. The number of carbonyl (C=O) groups is 2. The van der Waals surface area contributed by atoms with E-state index in [9.17, 15) is 9.59 Å². The Kier molecular flexibility index (Phi) is 9.32. The molecule has 0 fully saturated rings. The van der Waals surface area contributed by atoms with Crippen molar-refractivity contribution in [3.63, 3.8) is 0 Å². The summed E-state index contributed by atoms with van der Waals surface area (Å²) in [6.45, 7) is 3.38. The minimum atomic E-state index is -0.947. The van der Waals surface area contributed by atoms with Crippen molar-refractivity contribution in [3.8, 4) is 11.5 Å². The van der Waals surface area contributed by atoms with Crippen LogP contribution in [-0.2, 0) is 20.7 Å². The van der Waals surface area contributed by atoms with Gasteiger partial charge in [-0.15, -0.1) is 11.8 Å². The van der Waals surface area contributed by atoms with Gasteiger partial charge in [-0.05, 0) is 48.9 Å². The third-order valence-corrected chi connectivity index (χ3v) is 8.65. The lowest BCUT2D eigenvalue weighted by Crippen LogP contribution is -2.58. The Hall–Kier alpha value is -3.33. The molecule has 1 heterocycles. The first-order valence-corrected chi connectivity index (χ1v) is 13.9. The molecule has 206 valence electrons. The molecular weight excluding hydrogens is 512 g/mol. The van der Waals surface area contributed by atoms with Gasteiger partial charge < -0.3 is 19.1 Å². The van der Waals surface area contributed by atoms with E-state index in [1.165, 1.54) is 6.92 Å². The van der Waals surface area contributed by atoms with Gasteiger partial charge in [0.15, 0.2) is 5.69 Å². The highest BCUT2D eigenvalue weighted by atomic mass is 32.2. The van der Waals surface area contributed by atoms with Crippen LogP contribution in [-0.4, -0.2) is 70.8 Å². The number of nitrogens with zero attached hydrogens (tertiary/aromatic N) is 2. The normalized spacial score (nSPS) is 20.7. The maximum absolute atomic E-state index is 14.4. The fourth-order valence-electron chi connectivity index (χ4n) is 4.95. The summed E-state index contributed by atoms with van der Waals surface area (Å²) in [5, 5.41) is -0.392. The van der Waals surface area contributed by atoms with E-state index in [-0.39, 0.29) is 10.4 Å². The molecule has 0 saturated carbocycles. The quantitative estimate of drug-likeness (QED) is 0.257. The number of hydrogen-bond acceptors (Lipinski definition) is 7. The smallest absolute Gasteiger partial charge is 0.361 e. The zero-order chi connectivity index (χ0) is 28.0. The monoisotopic (exact) mass is 549 g/mol. The fraction of sp³-hybridized carbons (Fsp3) is 0.355. The third-order valence-electron chi connectivity index (χ3n) is 7.28. The lowest BCUT2D eigenvalue weighted by molar-refractivity contribution is -0.157. The molecule has 3 aromatic carbocycles. The van der Waals surface area contributed by atoms with E-state index in [0.29, 0.717) is 13.1 Å². The Balaban J connectivity index is 1.61. The molecule has 4 rings (SSSR count). The number of para-hydroxylation sites is 2. The number of thioether (sulfide) groups is 1. The first-order chi connectivity index (χ1) is 18.8. The van der Waals surface area contributed by atoms with Gasteiger partial charge >= 0.3 is 11.9 Å². The highest BCUT2D eigenvalue weighted by molar-refractivity contribution is 7.99. The molecule has 0 spiro atoms. The van der Waals surface area contributed by atoms with Crippen LogP contribution in [0.1, 0.15) is 23.3 Å². The zero-order valence-electron chi connectivity index (χ0n) is 23.3. The van der Waals surface area contributed by atoms with Gasteiger partial charge in [0, 0.05) is 26.1 Å². The summed E-state index contributed by atoms with van der Waals surface area (Å²) in [5.74, 6) is 0.998. The van der Waals surface area contributed by atoms with Gasteiger partial charge in [0.05, 0.1) is 31.4 Å². The van der Waals surface area contributed by atoms with Crippen molar-refractivity contribution in [1.29, 1.82) is 0 Å². The number of quaternary nitrogens is 1. The highest BCUT2D eigenvalue weighted by Gasteiger charge is 2.50. The number of rotatable bonds is 10. The molecule has 1 aliphatic heterocycles. The molecule has 3 atom stereocenters. The second kappa shape index (κ2) is 12.7. The number of methoxy groups -OCH3 is 2. The van der Waals surface area contributed by atoms with Gasteiger partial charge in [0.25, 0.3) is 0 Å². The average molecular weight is 550 g/mol. The van der Waals surface area contributed by atoms with Gasteiger partial charge in [-0.25, -0.2) is 9.28 Å². The second-order valence-corrected chi connectivity index (χ2v) is 11.1. The zero-order valence-corrected chi connectivity index (χ0v) is 24.1. The molecule has 0 aliphatic carbocycles. The number of likely N-dealkylation sites (N-methyl/N-ethyl adjacent to an activating group) is 2. The van der Waals surface area contributed by atoms with E-state index in [1.54, 1.807) is 26.0 Å². The number of amides is 1. The predicted octanol–water partition coefficient (Wildman–Crippen LogP) is 5.12. The van der Waals surface area contributed by atoms with E-state index in [4.69, 9.17) is 14.2 Å². The van der Waals surface area contributed by atoms with Crippen molar-refractivity contribution in [1.82, 2.24) is 9.38 Å². The van der Waals surface area contributed by atoms with E-state index in [0.717, 1.165) is 46.2 Å². The minimum absolute atomic E-state index is 0.0345. The molecular formula is C31H37N2O5S+. The minimum Gasteiger partial charge on any atom is -0.497 e. The summed E-state index contributed by atoms with van der Waals surface area (Å²) in [6.07, 6.45) is -0.113. The third kappa shape index (κ3) is 6.46. The number of fused-ring (bicyclic) bond motifs is 1. The van der Waals surface area contributed by atoms with E-state index in [2.05, 4.69) is 18.0 Å². The summed E-state index contributed by atoms with van der Waals surface area (Å²) < 4.78 is 16.6. The van der Waals surface area contributed by atoms with Crippen LogP contribution in [0.5, 0.6) is 11.5 Å². The molecule has 1 aliphatic rings. The van der Waals surface area contributed by atoms with Gasteiger partial charge in [-0.3, -0.25) is 4.79 Å². The molecule has 0 unspecified atom stereocenters. The largest absolute Gasteiger partial charge is 0.497 e. The number of benzene rings is 3. The van der Waals surface area contributed by atoms with E-state index >= 15 is 0 Å². The van der Waals surface area contributed by atoms with Crippen molar-refractivity contribution in [2.75, 3.05) is 47.9 Å². The van der Waals surface area contributed by atoms with Crippen molar-refractivity contribution in [2.24, 2.45) is 0 Å². The molecule has 1 amide bonds. The number of carbonyl (C=O) groups excluding carboxylic acids is 2. The maximum Gasteiger partial charge on any atom is 0.361 e. The maximum atomic E-state index is 14.4. The van der Waals surface area contributed by atoms with Crippen LogP contribution in [0, 0.1) is 0 Å². The molecule has 0 saturated heterocycles.